The Bertz CT molecular complexity index is 699. The fourth-order valence-electron chi connectivity index (χ4n) is 3.50. The van der Waals surface area contributed by atoms with E-state index in [4.69, 9.17) is 0 Å². The molecule has 0 saturated heterocycles. The number of carbonyl (C=O) groups excluding carboxylic acids is 1. The number of aromatic hydroxyl groups is 1. The van der Waals surface area contributed by atoms with E-state index < -0.39 is 0 Å². The Labute approximate surface area is 151 Å². The predicted molar refractivity (Wildman–Crippen MR) is 103 cm³/mol. The molecule has 0 bridgehead atoms. The summed E-state index contributed by atoms with van der Waals surface area (Å²) in [6.07, 6.45) is 0.345. The van der Waals surface area contributed by atoms with Gasteiger partial charge in [0.15, 0.2) is 0 Å². The molecule has 3 heteroatoms. The number of hydrogen-bond acceptors (Lipinski definition) is 2. The summed E-state index contributed by atoms with van der Waals surface area (Å²) in [7, 11) is 0. The minimum absolute atomic E-state index is 0.111. The van der Waals surface area contributed by atoms with Gasteiger partial charge in [0.05, 0.1) is 0 Å². The van der Waals surface area contributed by atoms with Crippen LogP contribution in [0.2, 0.25) is 0 Å². The molecule has 1 atom stereocenters. The van der Waals surface area contributed by atoms with Crippen LogP contribution in [0.3, 0.4) is 0 Å². The predicted octanol–water partition coefficient (Wildman–Crippen LogP) is 4.87. The molecule has 2 rings (SSSR count). The third-order valence-corrected chi connectivity index (χ3v) is 4.54. The quantitative estimate of drug-likeness (QED) is 0.816. The van der Waals surface area contributed by atoms with Gasteiger partial charge in [0.25, 0.3) is 0 Å². The van der Waals surface area contributed by atoms with Crippen LogP contribution >= 0.6 is 0 Å². The average Bonchev–Trinajstić information content (AvgIpc) is 2.55. The second kappa shape index (κ2) is 8.19. The van der Waals surface area contributed by atoms with Crippen molar-refractivity contribution in [1.29, 1.82) is 0 Å². The maximum Gasteiger partial charge on any atom is 0.223 e. The number of nitrogens with zero attached hydrogens (tertiary/aromatic N) is 1. The molecule has 1 amide bonds. The van der Waals surface area contributed by atoms with Crippen LogP contribution in [0.4, 0.5) is 0 Å². The Hall–Kier alpha value is -2.29. The topological polar surface area (TPSA) is 40.5 Å². The Morgan fingerprint density at radius 3 is 2.16 bits per heavy atom. The van der Waals surface area contributed by atoms with Gasteiger partial charge in [0.1, 0.15) is 5.75 Å². The van der Waals surface area contributed by atoms with Crippen LogP contribution in [0.5, 0.6) is 5.75 Å². The van der Waals surface area contributed by atoms with Gasteiger partial charge in [-0.3, -0.25) is 4.79 Å². The summed E-state index contributed by atoms with van der Waals surface area (Å²) >= 11 is 0. The molecule has 3 nitrogen and oxygen atoms in total. The summed E-state index contributed by atoms with van der Waals surface area (Å²) in [5.74, 6) is 0.196. The van der Waals surface area contributed by atoms with Gasteiger partial charge in [-0.15, -0.1) is 0 Å². The Kier molecular flexibility index (Phi) is 6.24. The van der Waals surface area contributed by atoms with Crippen molar-refractivity contribution in [3.63, 3.8) is 0 Å². The van der Waals surface area contributed by atoms with Crippen molar-refractivity contribution in [2.45, 2.75) is 59.0 Å². The lowest BCUT2D eigenvalue weighted by Gasteiger charge is -2.32. The van der Waals surface area contributed by atoms with Gasteiger partial charge < -0.3 is 10.0 Å². The van der Waals surface area contributed by atoms with Crippen molar-refractivity contribution in [3.05, 3.63) is 65.2 Å². The third kappa shape index (κ3) is 4.62. The van der Waals surface area contributed by atoms with E-state index in [1.54, 1.807) is 6.07 Å². The number of aryl methyl sites for hydroxylation is 1. The van der Waals surface area contributed by atoms with Crippen LogP contribution in [0.1, 0.15) is 56.7 Å². The van der Waals surface area contributed by atoms with Crippen LogP contribution in [0.25, 0.3) is 0 Å². The maximum atomic E-state index is 13.0. The van der Waals surface area contributed by atoms with E-state index in [9.17, 15) is 9.90 Å². The molecule has 1 N–H and O–H groups in total. The molecular formula is C22H29NO2. The van der Waals surface area contributed by atoms with Crippen LogP contribution < -0.4 is 0 Å². The minimum Gasteiger partial charge on any atom is -0.508 e. The first-order valence-corrected chi connectivity index (χ1v) is 8.97. The van der Waals surface area contributed by atoms with Crippen LogP contribution in [0.15, 0.2) is 48.5 Å². The third-order valence-electron chi connectivity index (χ3n) is 4.54. The SMILES string of the molecule is Cc1ccc(O)c([C@@H](CC(=O)N(C(C)C)C(C)C)c2ccccc2)c1. The standard InChI is InChI=1S/C22H29NO2/c1-15(2)23(16(3)4)22(25)14-19(18-9-7-6-8-10-18)20-13-17(5)11-12-21(20)24/h6-13,15-16,19,24H,14H2,1-5H3/t19-/m0/s1. The molecule has 0 radical (unpaired) electrons. The molecule has 0 aliphatic carbocycles. The number of phenols is 1. The average molecular weight is 339 g/mol. The summed E-state index contributed by atoms with van der Waals surface area (Å²) in [6, 6.07) is 15.8. The van der Waals surface area contributed by atoms with E-state index in [1.807, 2.05) is 82.0 Å². The summed E-state index contributed by atoms with van der Waals surface area (Å²) in [5, 5.41) is 10.4. The molecule has 0 saturated carbocycles. The Morgan fingerprint density at radius 2 is 1.60 bits per heavy atom. The zero-order valence-corrected chi connectivity index (χ0v) is 15.9. The highest BCUT2D eigenvalue weighted by Gasteiger charge is 2.26. The first-order chi connectivity index (χ1) is 11.8. The zero-order valence-electron chi connectivity index (χ0n) is 15.9. The van der Waals surface area contributed by atoms with Gasteiger partial charge in [-0.2, -0.15) is 0 Å². The molecule has 2 aromatic carbocycles. The van der Waals surface area contributed by atoms with Crippen molar-refractivity contribution in [3.8, 4) is 5.75 Å². The number of carbonyl (C=O) groups is 1. The first kappa shape index (κ1) is 19.0. The molecule has 25 heavy (non-hydrogen) atoms. The summed E-state index contributed by atoms with van der Waals surface area (Å²) in [6.45, 7) is 10.2. The zero-order chi connectivity index (χ0) is 18.6. The normalized spacial score (nSPS) is 12.4. The van der Waals surface area contributed by atoms with Crippen molar-refractivity contribution >= 4 is 5.91 Å². The molecule has 0 aliphatic rings. The molecule has 0 heterocycles. The fraction of sp³-hybridized carbons (Fsp3) is 0.409. The van der Waals surface area contributed by atoms with Gasteiger partial charge >= 0.3 is 0 Å². The Balaban J connectivity index is 2.43. The lowest BCUT2D eigenvalue weighted by molar-refractivity contribution is -0.135. The molecule has 134 valence electrons. The number of amides is 1. The summed E-state index contributed by atoms with van der Waals surface area (Å²) < 4.78 is 0. The van der Waals surface area contributed by atoms with E-state index in [2.05, 4.69) is 0 Å². The van der Waals surface area contributed by atoms with Crippen molar-refractivity contribution in [2.75, 3.05) is 0 Å². The molecule has 2 aromatic rings. The number of rotatable bonds is 6. The summed E-state index contributed by atoms with van der Waals surface area (Å²) in [5.41, 5.74) is 2.93. The monoisotopic (exact) mass is 339 g/mol. The highest BCUT2D eigenvalue weighted by Crippen LogP contribution is 2.35. The van der Waals surface area contributed by atoms with Gasteiger partial charge in [0, 0.05) is 30.0 Å². The van der Waals surface area contributed by atoms with Gasteiger partial charge in [-0.05, 0) is 46.2 Å². The molecule has 0 aliphatic heterocycles. The van der Waals surface area contributed by atoms with Crippen molar-refractivity contribution < 1.29 is 9.90 Å². The lowest BCUT2D eigenvalue weighted by atomic mass is 9.86. The van der Waals surface area contributed by atoms with Crippen molar-refractivity contribution in [2.24, 2.45) is 0 Å². The molecule has 0 unspecified atom stereocenters. The highest BCUT2D eigenvalue weighted by molar-refractivity contribution is 5.78. The second-order valence-corrected chi connectivity index (χ2v) is 7.22. The highest BCUT2D eigenvalue weighted by atomic mass is 16.3. The number of benzene rings is 2. The fourth-order valence-corrected chi connectivity index (χ4v) is 3.50. The van der Waals surface area contributed by atoms with Crippen LogP contribution in [0, 0.1) is 6.92 Å². The smallest absolute Gasteiger partial charge is 0.223 e. The van der Waals surface area contributed by atoms with E-state index >= 15 is 0 Å². The second-order valence-electron chi connectivity index (χ2n) is 7.22. The van der Waals surface area contributed by atoms with Crippen LogP contribution in [-0.2, 0) is 4.79 Å². The van der Waals surface area contributed by atoms with E-state index in [1.165, 1.54) is 0 Å². The molecular weight excluding hydrogens is 310 g/mol. The number of hydrogen-bond donors (Lipinski definition) is 1. The molecule has 0 spiro atoms. The summed E-state index contributed by atoms with van der Waals surface area (Å²) in [4.78, 5) is 14.9. The minimum atomic E-state index is -0.159. The van der Waals surface area contributed by atoms with E-state index in [-0.39, 0.29) is 29.7 Å². The van der Waals surface area contributed by atoms with Crippen molar-refractivity contribution in [1.82, 2.24) is 4.90 Å². The van der Waals surface area contributed by atoms with Crippen LogP contribution in [-0.4, -0.2) is 28.0 Å². The van der Waals surface area contributed by atoms with E-state index in [0.717, 1.165) is 16.7 Å². The molecule has 0 fully saturated rings. The Morgan fingerprint density at radius 1 is 1.00 bits per heavy atom. The van der Waals surface area contributed by atoms with Gasteiger partial charge in [-0.25, -0.2) is 0 Å². The van der Waals surface area contributed by atoms with Gasteiger partial charge in [0.2, 0.25) is 5.91 Å². The lowest BCUT2D eigenvalue weighted by Crippen LogP contribution is -2.42. The first-order valence-electron chi connectivity index (χ1n) is 8.97. The van der Waals surface area contributed by atoms with E-state index in [0.29, 0.717) is 6.42 Å². The molecule has 0 aromatic heterocycles. The van der Waals surface area contributed by atoms with Gasteiger partial charge in [-0.1, -0.05) is 48.0 Å². The maximum absolute atomic E-state index is 13.0. The number of phenolic OH excluding ortho intramolecular Hbond substituents is 1. The largest absolute Gasteiger partial charge is 0.508 e.